The number of carbonyl (C=O) groups excluding carboxylic acids is 1. The molecular formula is C19H25N3O2. The van der Waals surface area contributed by atoms with Gasteiger partial charge in [0, 0.05) is 18.9 Å². The average Bonchev–Trinajstić information content (AvgIpc) is 2.57. The van der Waals surface area contributed by atoms with E-state index in [9.17, 15) is 9.90 Å². The second-order valence-corrected chi connectivity index (χ2v) is 6.03. The lowest BCUT2D eigenvalue weighted by atomic mass is 10.0. The van der Waals surface area contributed by atoms with E-state index in [2.05, 4.69) is 21.7 Å². The number of pyridine rings is 1. The molecule has 0 bridgehead atoms. The third-order valence-electron chi connectivity index (χ3n) is 3.91. The van der Waals surface area contributed by atoms with Gasteiger partial charge in [-0.05, 0) is 43.5 Å². The highest BCUT2D eigenvalue weighted by molar-refractivity contribution is 5.74. The zero-order chi connectivity index (χ0) is 17.5. The van der Waals surface area contributed by atoms with Crippen LogP contribution in [-0.4, -0.2) is 22.7 Å². The summed E-state index contributed by atoms with van der Waals surface area (Å²) in [5.41, 5.74) is 4.01. The molecule has 24 heavy (non-hydrogen) atoms. The maximum absolute atomic E-state index is 12.1. The van der Waals surface area contributed by atoms with E-state index in [4.69, 9.17) is 0 Å². The molecule has 0 radical (unpaired) electrons. The number of nitrogens with zero attached hydrogens (tertiary/aromatic N) is 1. The Hall–Kier alpha value is -2.40. The molecule has 2 amide bonds. The lowest BCUT2D eigenvalue weighted by Gasteiger charge is -2.19. The first-order chi connectivity index (χ1) is 11.5. The van der Waals surface area contributed by atoms with Crippen LogP contribution in [0.1, 0.15) is 47.7 Å². The van der Waals surface area contributed by atoms with Crippen molar-refractivity contribution in [1.29, 1.82) is 0 Å². The number of aliphatic hydroxyl groups is 1. The van der Waals surface area contributed by atoms with Crippen LogP contribution in [0.4, 0.5) is 4.79 Å². The molecule has 1 aromatic carbocycles. The first-order valence-corrected chi connectivity index (χ1v) is 8.20. The van der Waals surface area contributed by atoms with E-state index in [-0.39, 0.29) is 18.6 Å². The summed E-state index contributed by atoms with van der Waals surface area (Å²) in [6.45, 7) is 6.16. The zero-order valence-corrected chi connectivity index (χ0v) is 14.4. The van der Waals surface area contributed by atoms with Crippen molar-refractivity contribution in [2.75, 3.05) is 6.54 Å². The van der Waals surface area contributed by atoms with Crippen molar-refractivity contribution in [3.63, 3.8) is 0 Å². The van der Waals surface area contributed by atoms with E-state index in [1.165, 1.54) is 0 Å². The zero-order valence-electron chi connectivity index (χ0n) is 14.4. The van der Waals surface area contributed by atoms with Crippen molar-refractivity contribution in [3.8, 4) is 0 Å². The fourth-order valence-corrected chi connectivity index (χ4v) is 2.74. The van der Waals surface area contributed by atoms with E-state index in [1.807, 2.05) is 45.0 Å². The summed E-state index contributed by atoms with van der Waals surface area (Å²) in [4.78, 5) is 16.1. The summed E-state index contributed by atoms with van der Waals surface area (Å²) in [6.07, 6.45) is 3.47. The van der Waals surface area contributed by atoms with Crippen LogP contribution < -0.4 is 10.6 Å². The van der Waals surface area contributed by atoms with Crippen LogP contribution in [0.5, 0.6) is 0 Å². The number of aliphatic hydroxyl groups excluding tert-OH is 1. The molecule has 0 aliphatic rings. The predicted molar refractivity (Wildman–Crippen MR) is 94.7 cm³/mol. The van der Waals surface area contributed by atoms with Crippen LogP contribution >= 0.6 is 0 Å². The summed E-state index contributed by atoms with van der Waals surface area (Å²) >= 11 is 0. The van der Waals surface area contributed by atoms with E-state index in [1.54, 1.807) is 12.4 Å². The van der Waals surface area contributed by atoms with Gasteiger partial charge < -0.3 is 15.7 Å². The number of urea groups is 1. The topological polar surface area (TPSA) is 74.2 Å². The van der Waals surface area contributed by atoms with Crippen molar-refractivity contribution >= 4 is 6.03 Å². The Morgan fingerprint density at radius 2 is 1.75 bits per heavy atom. The van der Waals surface area contributed by atoms with Crippen molar-refractivity contribution in [3.05, 3.63) is 65.0 Å². The second kappa shape index (κ2) is 8.45. The van der Waals surface area contributed by atoms with Crippen LogP contribution in [0.15, 0.2) is 42.7 Å². The van der Waals surface area contributed by atoms with Gasteiger partial charge in [-0.2, -0.15) is 0 Å². The summed E-state index contributed by atoms with van der Waals surface area (Å²) in [7, 11) is 0. The first-order valence-electron chi connectivity index (χ1n) is 8.20. The molecule has 2 atom stereocenters. The number of aryl methyl sites for hydroxylation is 2. The molecular weight excluding hydrogens is 302 g/mol. The van der Waals surface area contributed by atoms with Gasteiger partial charge in [-0.15, -0.1) is 0 Å². The Kier molecular flexibility index (Phi) is 6.32. The molecule has 0 aliphatic heterocycles. The third kappa shape index (κ3) is 5.06. The second-order valence-electron chi connectivity index (χ2n) is 6.03. The smallest absolute Gasteiger partial charge is 0.315 e. The number of hydrogen-bond donors (Lipinski definition) is 3. The van der Waals surface area contributed by atoms with Crippen LogP contribution in [0.2, 0.25) is 0 Å². The number of hydrogen-bond acceptors (Lipinski definition) is 3. The lowest BCUT2D eigenvalue weighted by molar-refractivity contribution is 0.172. The van der Waals surface area contributed by atoms with E-state index in [0.29, 0.717) is 0 Å². The van der Waals surface area contributed by atoms with Crippen LogP contribution in [0.25, 0.3) is 0 Å². The Balaban J connectivity index is 1.90. The molecule has 0 fully saturated rings. The predicted octanol–water partition coefficient (Wildman–Crippen LogP) is 3.18. The fourth-order valence-electron chi connectivity index (χ4n) is 2.74. The number of nitrogens with one attached hydrogen (secondary N) is 2. The van der Waals surface area contributed by atoms with E-state index < -0.39 is 6.10 Å². The molecule has 2 rings (SSSR count). The molecule has 0 unspecified atom stereocenters. The molecule has 5 nitrogen and oxygen atoms in total. The number of benzene rings is 1. The molecule has 1 heterocycles. The maximum Gasteiger partial charge on any atom is 0.315 e. The summed E-state index contributed by atoms with van der Waals surface area (Å²) in [5.74, 6) is 0. The number of amides is 2. The Labute approximate surface area is 143 Å². The molecule has 3 N–H and O–H groups in total. The first kappa shape index (κ1) is 17.9. The minimum atomic E-state index is -0.727. The Morgan fingerprint density at radius 3 is 2.33 bits per heavy atom. The molecule has 0 aliphatic carbocycles. The van der Waals surface area contributed by atoms with Gasteiger partial charge in [-0.3, -0.25) is 4.98 Å². The SMILES string of the molecule is CC[C@H](NC(=O)NC[C@H](O)c1cc(C)cc(C)c1)c1ccncc1. The molecule has 1 aromatic heterocycles. The summed E-state index contributed by atoms with van der Waals surface area (Å²) < 4.78 is 0. The largest absolute Gasteiger partial charge is 0.387 e. The van der Waals surface area contributed by atoms with Gasteiger partial charge in [0.1, 0.15) is 0 Å². The van der Waals surface area contributed by atoms with Crippen molar-refractivity contribution in [1.82, 2.24) is 15.6 Å². The Morgan fingerprint density at radius 1 is 1.12 bits per heavy atom. The monoisotopic (exact) mass is 327 g/mol. The summed E-state index contributed by atoms with van der Waals surface area (Å²) in [5, 5.41) is 15.9. The lowest BCUT2D eigenvalue weighted by Crippen LogP contribution is -2.39. The van der Waals surface area contributed by atoms with Gasteiger partial charge in [0.2, 0.25) is 0 Å². The molecule has 0 spiro atoms. The highest BCUT2D eigenvalue weighted by Crippen LogP contribution is 2.17. The minimum Gasteiger partial charge on any atom is -0.387 e. The van der Waals surface area contributed by atoms with Crippen molar-refractivity contribution in [2.24, 2.45) is 0 Å². The van der Waals surface area contributed by atoms with Crippen LogP contribution in [-0.2, 0) is 0 Å². The quantitative estimate of drug-likeness (QED) is 0.763. The van der Waals surface area contributed by atoms with E-state index >= 15 is 0 Å². The molecule has 2 aromatic rings. The van der Waals surface area contributed by atoms with Gasteiger partial charge >= 0.3 is 6.03 Å². The maximum atomic E-state index is 12.1. The molecule has 128 valence electrons. The van der Waals surface area contributed by atoms with Gasteiger partial charge in [-0.25, -0.2) is 4.79 Å². The van der Waals surface area contributed by atoms with E-state index in [0.717, 1.165) is 28.7 Å². The average molecular weight is 327 g/mol. The number of carbonyl (C=O) groups is 1. The van der Waals surface area contributed by atoms with Gasteiger partial charge in [0.05, 0.1) is 12.1 Å². The Bertz CT molecular complexity index is 653. The summed E-state index contributed by atoms with van der Waals surface area (Å²) in [6, 6.07) is 9.33. The standard InChI is InChI=1S/C19H25N3O2/c1-4-17(15-5-7-20-8-6-15)22-19(24)21-12-18(23)16-10-13(2)9-14(3)11-16/h5-11,17-18,23H,4,12H2,1-3H3,(H2,21,22,24)/t17-,18-/m0/s1. The number of rotatable bonds is 6. The third-order valence-corrected chi connectivity index (χ3v) is 3.91. The normalized spacial score (nSPS) is 13.2. The van der Waals surface area contributed by atoms with Crippen molar-refractivity contribution in [2.45, 2.75) is 39.3 Å². The van der Waals surface area contributed by atoms with Crippen LogP contribution in [0.3, 0.4) is 0 Å². The number of aromatic nitrogens is 1. The van der Waals surface area contributed by atoms with Crippen LogP contribution in [0, 0.1) is 13.8 Å². The minimum absolute atomic E-state index is 0.0774. The van der Waals surface area contributed by atoms with Crippen molar-refractivity contribution < 1.29 is 9.90 Å². The highest BCUT2D eigenvalue weighted by atomic mass is 16.3. The van der Waals surface area contributed by atoms with Gasteiger partial charge in [-0.1, -0.05) is 36.2 Å². The highest BCUT2D eigenvalue weighted by Gasteiger charge is 2.14. The molecule has 5 heteroatoms. The molecule has 0 saturated heterocycles. The molecule has 0 saturated carbocycles. The van der Waals surface area contributed by atoms with Gasteiger partial charge in [0.15, 0.2) is 0 Å². The fraction of sp³-hybridized carbons (Fsp3) is 0.368. The van der Waals surface area contributed by atoms with Gasteiger partial charge in [0.25, 0.3) is 0 Å².